The van der Waals surface area contributed by atoms with E-state index >= 15 is 0 Å². The number of thioether (sulfide) groups is 1. The van der Waals surface area contributed by atoms with Gasteiger partial charge in [-0.2, -0.15) is 4.68 Å². The molecule has 0 spiro atoms. The van der Waals surface area contributed by atoms with Crippen molar-refractivity contribution >= 4 is 45.7 Å². The number of hydrogen-bond acceptors (Lipinski definition) is 7. The first kappa shape index (κ1) is 15.9. The summed E-state index contributed by atoms with van der Waals surface area (Å²) >= 11 is 8.51. The fourth-order valence-electron chi connectivity index (χ4n) is 1.70. The molecule has 10 heteroatoms. The Morgan fingerprint density at radius 3 is 2.87 bits per heavy atom. The molecule has 0 unspecified atom stereocenters. The van der Waals surface area contributed by atoms with E-state index in [4.69, 9.17) is 11.6 Å². The number of nitrogens with zero attached hydrogens (tertiary/aromatic N) is 5. The highest BCUT2D eigenvalue weighted by atomic mass is 35.5. The van der Waals surface area contributed by atoms with E-state index in [0.717, 1.165) is 5.69 Å². The molecule has 2 heterocycles. The molecule has 3 rings (SSSR count). The van der Waals surface area contributed by atoms with Gasteiger partial charge in [-0.3, -0.25) is 4.79 Å². The molecule has 0 fully saturated rings. The zero-order chi connectivity index (χ0) is 16.2. The van der Waals surface area contributed by atoms with Gasteiger partial charge >= 0.3 is 0 Å². The molecule has 7 nitrogen and oxygen atoms in total. The maximum absolute atomic E-state index is 12.2. The molecule has 23 heavy (non-hydrogen) atoms. The zero-order valence-corrected chi connectivity index (χ0v) is 14.3. The van der Waals surface area contributed by atoms with E-state index in [1.807, 2.05) is 12.1 Å². The highest BCUT2D eigenvalue weighted by Gasteiger charge is 2.19. The summed E-state index contributed by atoms with van der Waals surface area (Å²) < 4.78 is 1.56. The predicted octanol–water partition coefficient (Wildman–Crippen LogP) is 2.89. The minimum Gasteiger partial charge on any atom is -0.301 e. The maximum Gasteiger partial charge on any atom is 0.239 e. The molecular formula is C13H11ClN6OS2. The van der Waals surface area contributed by atoms with Gasteiger partial charge in [-0.25, -0.2) is 4.98 Å². The average molecular weight is 367 g/mol. The number of benzene rings is 1. The van der Waals surface area contributed by atoms with Crippen molar-refractivity contribution in [2.75, 3.05) is 5.32 Å². The Hall–Kier alpha value is -1.97. The predicted molar refractivity (Wildman–Crippen MR) is 90.2 cm³/mol. The van der Waals surface area contributed by atoms with Crippen LogP contribution in [0.5, 0.6) is 0 Å². The maximum atomic E-state index is 12.2. The van der Waals surface area contributed by atoms with Crippen LogP contribution in [-0.4, -0.2) is 36.3 Å². The van der Waals surface area contributed by atoms with E-state index in [1.165, 1.54) is 23.1 Å². The van der Waals surface area contributed by atoms with Crippen LogP contribution in [0.15, 0.2) is 41.0 Å². The highest BCUT2D eigenvalue weighted by Crippen LogP contribution is 2.24. The van der Waals surface area contributed by atoms with Crippen LogP contribution in [0.4, 0.5) is 5.13 Å². The van der Waals surface area contributed by atoms with Gasteiger partial charge in [-0.1, -0.05) is 23.4 Å². The van der Waals surface area contributed by atoms with Crippen LogP contribution in [0.3, 0.4) is 0 Å². The lowest BCUT2D eigenvalue weighted by Gasteiger charge is -2.10. The molecule has 0 aliphatic rings. The van der Waals surface area contributed by atoms with Crippen molar-refractivity contribution in [3.05, 3.63) is 40.9 Å². The molecule has 0 saturated carbocycles. The first-order valence-corrected chi connectivity index (χ1v) is 8.68. The van der Waals surface area contributed by atoms with E-state index in [0.29, 0.717) is 15.3 Å². The van der Waals surface area contributed by atoms with Gasteiger partial charge in [0, 0.05) is 16.6 Å². The topological polar surface area (TPSA) is 85.6 Å². The second-order valence-electron chi connectivity index (χ2n) is 4.44. The summed E-state index contributed by atoms with van der Waals surface area (Å²) in [5.74, 6) is -0.157. The van der Waals surface area contributed by atoms with Gasteiger partial charge in [0.25, 0.3) is 0 Å². The van der Waals surface area contributed by atoms with Gasteiger partial charge in [-0.15, -0.1) is 16.4 Å². The molecule has 0 saturated heterocycles. The molecule has 0 bridgehead atoms. The van der Waals surface area contributed by atoms with Gasteiger partial charge in [-0.05, 0) is 41.6 Å². The third-order valence-corrected chi connectivity index (χ3v) is 4.80. The Labute approximate surface area is 145 Å². The quantitative estimate of drug-likeness (QED) is 0.699. The van der Waals surface area contributed by atoms with Crippen molar-refractivity contribution < 1.29 is 4.79 Å². The van der Waals surface area contributed by atoms with E-state index in [-0.39, 0.29) is 11.2 Å². The van der Waals surface area contributed by atoms with Crippen LogP contribution >= 0.6 is 34.7 Å². The third kappa shape index (κ3) is 3.87. The normalized spacial score (nSPS) is 12.1. The van der Waals surface area contributed by atoms with Crippen LogP contribution in [-0.2, 0) is 4.79 Å². The molecule has 0 radical (unpaired) electrons. The van der Waals surface area contributed by atoms with E-state index in [9.17, 15) is 4.79 Å². The molecule has 0 aliphatic carbocycles. The van der Waals surface area contributed by atoms with Gasteiger partial charge in [0.05, 0.1) is 10.9 Å². The fraction of sp³-hybridized carbons (Fsp3) is 0.154. The molecular weight excluding hydrogens is 356 g/mol. The monoisotopic (exact) mass is 366 g/mol. The van der Waals surface area contributed by atoms with Crippen molar-refractivity contribution in [1.82, 2.24) is 25.2 Å². The Morgan fingerprint density at radius 1 is 1.39 bits per heavy atom. The number of carbonyl (C=O) groups is 1. The SMILES string of the molecule is C[C@H](Sc1nnnn1-c1ccc(Cl)cc1)C(=O)Nc1nccs1. The lowest BCUT2D eigenvalue weighted by molar-refractivity contribution is -0.115. The molecule has 1 amide bonds. The largest absolute Gasteiger partial charge is 0.301 e. The number of anilines is 1. The number of carbonyl (C=O) groups excluding carboxylic acids is 1. The van der Waals surface area contributed by atoms with E-state index in [2.05, 4.69) is 25.8 Å². The van der Waals surface area contributed by atoms with E-state index in [1.54, 1.807) is 35.3 Å². The van der Waals surface area contributed by atoms with Gasteiger partial charge < -0.3 is 5.32 Å². The minimum absolute atomic E-state index is 0.157. The highest BCUT2D eigenvalue weighted by molar-refractivity contribution is 8.00. The molecule has 2 aromatic heterocycles. The summed E-state index contributed by atoms with van der Waals surface area (Å²) in [5, 5.41) is 17.5. The Kier molecular flexibility index (Phi) is 4.89. The molecule has 1 aromatic carbocycles. The van der Waals surface area contributed by atoms with Gasteiger partial charge in [0.1, 0.15) is 0 Å². The summed E-state index contributed by atoms with van der Waals surface area (Å²) in [5.41, 5.74) is 0.773. The van der Waals surface area contributed by atoms with Crippen molar-refractivity contribution in [1.29, 1.82) is 0 Å². The number of aromatic nitrogens is 5. The van der Waals surface area contributed by atoms with Crippen LogP contribution < -0.4 is 5.32 Å². The minimum atomic E-state index is -0.379. The lowest BCUT2D eigenvalue weighted by Crippen LogP contribution is -2.22. The first-order chi connectivity index (χ1) is 11.1. The number of thiazole rings is 1. The summed E-state index contributed by atoms with van der Waals surface area (Å²) in [6, 6.07) is 7.13. The number of rotatable bonds is 5. The van der Waals surface area contributed by atoms with Crippen molar-refractivity contribution in [3.63, 3.8) is 0 Å². The Bertz CT molecular complexity index is 789. The first-order valence-electron chi connectivity index (χ1n) is 6.55. The van der Waals surface area contributed by atoms with E-state index < -0.39 is 0 Å². The standard InChI is InChI=1S/C13H11ClN6OS2/c1-8(11(21)16-12-15-6-7-22-12)23-13-17-18-19-20(13)10-4-2-9(14)3-5-10/h2-8H,1H3,(H,15,16,21)/t8-/m0/s1. The Balaban J connectivity index is 1.72. The summed E-state index contributed by atoms with van der Waals surface area (Å²) in [6.07, 6.45) is 1.64. The number of halogens is 1. The molecule has 3 aromatic rings. The molecule has 1 N–H and O–H groups in total. The fourth-order valence-corrected chi connectivity index (χ4v) is 3.17. The number of tetrazole rings is 1. The second-order valence-corrected chi connectivity index (χ2v) is 7.08. The smallest absolute Gasteiger partial charge is 0.239 e. The second kappa shape index (κ2) is 7.07. The molecule has 118 valence electrons. The number of amides is 1. The van der Waals surface area contributed by atoms with Gasteiger partial charge in [0.15, 0.2) is 5.13 Å². The average Bonchev–Trinajstić information content (AvgIpc) is 3.20. The molecule has 1 atom stereocenters. The lowest BCUT2D eigenvalue weighted by atomic mass is 10.3. The summed E-state index contributed by atoms with van der Waals surface area (Å²) in [4.78, 5) is 16.2. The van der Waals surface area contributed by atoms with Gasteiger partial charge in [0.2, 0.25) is 11.1 Å². The Morgan fingerprint density at radius 2 is 2.17 bits per heavy atom. The van der Waals surface area contributed by atoms with Crippen molar-refractivity contribution in [2.24, 2.45) is 0 Å². The van der Waals surface area contributed by atoms with Crippen molar-refractivity contribution in [3.8, 4) is 5.69 Å². The summed E-state index contributed by atoms with van der Waals surface area (Å²) in [7, 11) is 0. The van der Waals surface area contributed by atoms with Crippen LogP contribution in [0.1, 0.15) is 6.92 Å². The van der Waals surface area contributed by atoms with Crippen molar-refractivity contribution in [2.45, 2.75) is 17.3 Å². The van der Waals surface area contributed by atoms with Crippen LogP contribution in [0.2, 0.25) is 5.02 Å². The zero-order valence-electron chi connectivity index (χ0n) is 11.9. The number of hydrogen-bond donors (Lipinski definition) is 1. The number of nitrogens with one attached hydrogen (secondary N) is 1. The third-order valence-electron chi connectivity index (χ3n) is 2.83. The molecule has 0 aliphatic heterocycles. The van der Waals surface area contributed by atoms with Crippen LogP contribution in [0.25, 0.3) is 5.69 Å². The van der Waals surface area contributed by atoms with Crippen LogP contribution in [0, 0.1) is 0 Å². The summed E-state index contributed by atoms with van der Waals surface area (Å²) in [6.45, 7) is 1.79.